The van der Waals surface area contributed by atoms with Crippen molar-refractivity contribution in [1.82, 2.24) is 4.98 Å². The molecule has 0 spiro atoms. The number of aromatic amines is 1. The third-order valence-electron chi connectivity index (χ3n) is 7.68. The summed E-state index contributed by atoms with van der Waals surface area (Å²) in [6.07, 6.45) is 0. The van der Waals surface area contributed by atoms with Gasteiger partial charge in [-0.05, 0) is 57.6 Å². The van der Waals surface area contributed by atoms with Crippen molar-refractivity contribution in [2.75, 3.05) is 4.90 Å². The van der Waals surface area contributed by atoms with Crippen molar-refractivity contribution in [2.45, 2.75) is 12.0 Å². The molecule has 0 bridgehead atoms. The molecule has 2 nitrogen and oxygen atoms in total. The number of nitrogens with zero attached hydrogens (tertiary/aromatic N) is 1. The van der Waals surface area contributed by atoms with Gasteiger partial charge in [0, 0.05) is 39.1 Å². The number of anilines is 2. The fraction of sp³-hybridized carbons (Fsp3) is 0.0455. The molecule has 8 aromatic rings. The summed E-state index contributed by atoms with van der Waals surface area (Å²) < 4.78 is 241. The molecule has 0 saturated heterocycles. The third-order valence-corrected chi connectivity index (χ3v) is 7.68. The van der Waals surface area contributed by atoms with Gasteiger partial charge in [0.1, 0.15) is 0 Å². The van der Waals surface area contributed by atoms with Crippen LogP contribution in [0.3, 0.4) is 0 Å². The van der Waals surface area contributed by atoms with Crippen LogP contribution >= 0.6 is 0 Å². The number of para-hydroxylation sites is 1. The molecular weight excluding hydrogens is 556 g/mol. The normalized spacial score (nSPS) is 24.0. The topological polar surface area (TPSA) is 19.0 Å². The zero-order valence-corrected chi connectivity index (χ0v) is 23.3. The smallest absolute Gasteiger partial charge is 0.0702 e. The summed E-state index contributed by atoms with van der Waals surface area (Å²) >= 11 is 0. The van der Waals surface area contributed by atoms with E-state index < -0.39 is 220 Å². The van der Waals surface area contributed by atoms with Gasteiger partial charge in [-0.1, -0.05) is 151 Å². The number of nitrogens with one attached hydrogen (secondary N) is 1. The van der Waals surface area contributed by atoms with E-state index in [0.717, 1.165) is 17.0 Å². The van der Waals surface area contributed by atoms with Gasteiger partial charge in [0.25, 0.3) is 0 Å². The minimum absolute atomic E-state index is 0.324. The first-order valence-corrected chi connectivity index (χ1v) is 13.8. The van der Waals surface area contributed by atoms with E-state index in [1.165, 1.54) is 0 Å². The Hall–Kier alpha value is -5.86. The predicted molar refractivity (Wildman–Crippen MR) is 193 cm³/mol. The highest BCUT2D eigenvalue weighted by Gasteiger charge is 2.42. The lowest BCUT2D eigenvalue weighted by molar-refractivity contribution is 0.659. The predicted octanol–water partition coefficient (Wildman–Crippen LogP) is 11.7. The van der Waals surface area contributed by atoms with Crippen LogP contribution in [0, 0.1) is 0 Å². The molecule has 218 valence electrons. The van der Waals surface area contributed by atoms with Crippen molar-refractivity contribution < 1.29 is 37.0 Å². The number of H-pyrrole nitrogens is 1. The highest BCUT2D eigenvalue weighted by Crippen LogP contribution is 2.57. The lowest BCUT2D eigenvalue weighted by Gasteiger charge is -2.31. The summed E-state index contributed by atoms with van der Waals surface area (Å²) in [5, 5.41) is -0.680. The third kappa shape index (κ3) is 4.34. The zero-order valence-electron chi connectivity index (χ0n) is 50.3. The van der Waals surface area contributed by atoms with E-state index in [-0.39, 0.29) is 27.4 Å². The molecule has 0 saturated carbocycles. The molecule has 1 aliphatic heterocycles. The molecule has 2 unspecified atom stereocenters. The van der Waals surface area contributed by atoms with Crippen LogP contribution < -0.4 is 4.90 Å². The Balaban J connectivity index is 1.53. The molecule has 2 atom stereocenters. The van der Waals surface area contributed by atoms with Gasteiger partial charge in [0.05, 0.1) is 48.6 Å². The van der Waals surface area contributed by atoms with Crippen molar-refractivity contribution >= 4 is 33.2 Å². The van der Waals surface area contributed by atoms with Crippen LogP contribution in [0.25, 0.3) is 44.1 Å². The quantitative estimate of drug-likeness (QED) is 0.204. The number of rotatable bonds is 5. The van der Waals surface area contributed by atoms with Crippen LogP contribution in [-0.4, -0.2) is 4.98 Å². The summed E-state index contributed by atoms with van der Waals surface area (Å²) in [5.74, 6) is -1.98. The van der Waals surface area contributed by atoms with Gasteiger partial charge in [0.15, 0.2) is 0 Å². The fourth-order valence-corrected chi connectivity index (χ4v) is 5.75. The lowest BCUT2D eigenvalue weighted by Crippen LogP contribution is -2.22. The minimum Gasteiger partial charge on any atom is -0.354 e. The Bertz CT molecular complexity index is 3780. The molecule has 46 heavy (non-hydrogen) atoms. The maximum Gasteiger partial charge on any atom is 0.0702 e. The molecule has 0 aliphatic carbocycles. The molecule has 2 heteroatoms. The second kappa shape index (κ2) is 10.9. The largest absolute Gasteiger partial charge is 0.354 e. The second-order valence-electron chi connectivity index (χ2n) is 10.1. The van der Waals surface area contributed by atoms with Crippen LogP contribution in [-0.2, 0) is 0 Å². The monoisotopic (exact) mass is 615 g/mol. The average Bonchev–Trinajstić information content (AvgIpc) is 3.92. The minimum atomic E-state index is -2.02. The van der Waals surface area contributed by atoms with Crippen LogP contribution in [0.15, 0.2) is 175 Å². The van der Waals surface area contributed by atoms with E-state index >= 15 is 0 Å². The van der Waals surface area contributed by atoms with Crippen molar-refractivity contribution in [1.29, 1.82) is 0 Å². The van der Waals surface area contributed by atoms with Crippen LogP contribution in [0.5, 0.6) is 0 Å². The van der Waals surface area contributed by atoms with Gasteiger partial charge in [-0.3, -0.25) is 0 Å². The molecule has 0 fully saturated rings. The molecule has 7 aromatic carbocycles. The number of aromatic nitrogens is 1. The Kier molecular flexibility index (Phi) is 2.59. The number of hydrogen-bond acceptors (Lipinski definition) is 1. The van der Waals surface area contributed by atoms with Gasteiger partial charge in [-0.15, -0.1) is 0 Å². The Labute approximate surface area is 307 Å². The molecule has 0 amide bonds. The van der Waals surface area contributed by atoms with E-state index in [9.17, 15) is 15.1 Å². The summed E-state index contributed by atoms with van der Waals surface area (Å²) in [4.78, 5) is 3.80. The highest BCUT2D eigenvalue weighted by molar-refractivity contribution is 6.10. The van der Waals surface area contributed by atoms with Gasteiger partial charge < -0.3 is 9.88 Å². The van der Waals surface area contributed by atoms with Crippen LogP contribution in [0.4, 0.5) is 11.4 Å². The molecule has 1 N–H and O–H groups in total. The number of hydrogen-bond donors (Lipinski definition) is 1. The maximum atomic E-state index is 9.77. The average molecular weight is 616 g/mol. The number of benzene rings is 7. The van der Waals surface area contributed by atoms with E-state index in [1.54, 1.807) is 0 Å². The molecule has 1 aliphatic rings. The Morgan fingerprint density at radius 1 is 0.478 bits per heavy atom. The van der Waals surface area contributed by atoms with Crippen molar-refractivity contribution in [3.8, 4) is 22.3 Å². The molecule has 9 rings (SSSR count). The molecule has 1 aromatic heterocycles. The van der Waals surface area contributed by atoms with E-state index in [2.05, 4.69) is 4.98 Å². The standard InChI is InChI=1S/C44H32N2/c1-4-12-30(13-5-1)32-20-22-34(23-21-32)41-42-40(29-28-38-37-18-10-11-19-39(37)45-43(38)42)46(44(41)35-16-8-3-9-17-35)36-26-24-33(25-27-36)31-14-6-2-7-15-31/h1-29,41,44-45H/i1D,2D,3D,4D,5D,6D,7D,8D,9D,10D,11D,12D,13D,14D,16D,18D,19D,20D,21D,22D,23D,24D,25D,26D,27D,28D,29D. The summed E-state index contributed by atoms with van der Waals surface area (Å²) in [5.41, 5.74) is -6.11. The van der Waals surface area contributed by atoms with Gasteiger partial charge in [0.2, 0.25) is 0 Å². The zero-order chi connectivity index (χ0) is 53.9. The van der Waals surface area contributed by atoms with Crippen LogP contribution in [0.1, 0.15) is 65.7 Å². The van der Waals surface area contributed by atoms with E-state index in [1.807, 2.05) is 0 Å². The SMILES string of the molecule is [2H]c1cc(-c2c([2H])c([2H])c(N3c4c([2H])c([2H])c5c([nH]c6c([2H])c([2H])c([2H])c([2H])c65)c4C(c4c([2H])c([2H])c(-c5c([2H])c([2H])c([2H])c([2H])c5[2H])c([2H])c4[2H])C3c3cc([2H])c([2H])c([2H])c3[2H])c([2H])c2[2H])c([2H])c([2H])c1[2H]. The van der Waals surface area contributed by atoms with Crippen molar-refractivity contribution in [3.63, 3.8) is 0 Å². The first-order valence-electron chi connectivity index (χ1n) is 27.3. The van der Waals surface area contributed by atoms with Gasteiger partial charge in [-0.2, -0.15) is 0 Å². The maximum absolute atomic E-state index is 9.77. The first kappa shape index (κ1) is 10.9. The summed E-state index contributed by atoms with van der Waals surface area (Å²) in [7, 11) is 0. The molecule has 0 radical (unpaired) electrons. The van der Waals surface area contributed by atoms with Gasteiger partial charge in [-0.25, -0.2) is 0 Å². The fourth-order valence-electron chi connectivity index (χ4n) is 5.75. The Morgan fingerprint density at radius 3 is 1.93 bits per heavy atom. The van der Waals surface area contributed by atoms with Crippen LogP contribution in [0.2, 0.25) is 0 Å². The van der Waals surface area contributed by atoms with E-state index in [0.29, 0.717) is 0 Å². The summed E-state index contributed by atoms with van der Waals surface area (Å²) in [6.45, 7) is 0. The molecule has 2 heterocycles. The first-order chi connectivity index (χ1) is 34.0. The summed E-state index contributed by atoms with van der Waals surface area (Å²) in [6, 6.07) is -22.8. The van der Waals surface area contributed by atoms with Crippen molar-refractivity contribution in [2.24, 2.45) is 0 Å². The Morgan fingerprint density at radius 2 is 1.11 bits per heavy atom. The second-order valence-corrected chi connectivity index (χ2v) is 10.1. The number of fused-ring (bicyclic) bond motifs is 5. The van der Waals surface area contributed by atoms with E-state index in [4.69, 9.17) is 21.9 Å². The highest BCUT2D eigenvalue weighted by atomic mass is 15.2. The van der Waals surface area contributed by atoms with Crippen molar-refractivity contribution in [3.05, 3.63) is 192 Å². The van der Waals surface area contributed by atoms with Gasteiger partial charge >= 0.3 is 0 Å². The molecular formula is C44H32N2. The lowest BCUT2D eigenvalue weighted by atomic mass is 9.83.